The molecule has 7 nitrogen and oxygen atoms in total. The standard InChI is InChI=1S/C18H20N4O3S2/c1-18(2)15(22(25)16(24)19-3)21(17(26)27-18)20-10-13-12-7-5-4-6-11(12)8-9-14(13)23/h4-10,15,23,25H,1-3H3,(H,19,24)/b20-10-/t15-/m0/s1. The first kappa shape index (κ1) is 19.4. The van der Waals surface area contributed by atoms with E-state index in [9.17, 15) is 15.1 Å². The van der Waals surface area contributed by atoms with Crippen LogP contribution in [0, 0.1) is 0 Å². The molecule has 0 spiro atoms. The van der Waals surface area contributed by atoms with Gasteiger partial charge >= 0.3 is 6.03 Å². The fraction of sp³-hybridized carbons (Fsp3) is 0.278. The molecule has 9 heteroatoms. The van der Waals surface area contributed by atoms with Gasteiger partial charge in [0, 0.05) is 12.6 Å². The molecule has 1 aliphatic heterocycles. The van der Waals surface area contributed by atoms with Gasteiger partial charge in [-0.15, -0.1) is 0 Å². The van der Waals surface area contributed by atoms with Crippen LogP contribution in [0.15, 0.2) is 41.5 Å². The van der Waals surface area contributed by atoms with Crippen LogP contribution >= 0.6 is 24.0 Å². The van der Waals surface area contributed by atoms with Crippen molar-refractivity contribution in [3.05, 3.63) is 42.0 Å². The highest BCUT2D eigenvalue weighted by Gasteiger charge is 2.49. The highest BCUT2D eigenvalue weighted by molar-refractivity contribution is 8.24. The Morgan fingerprint density at radius 2 is 2.07 bits per heavy atom. The maximum absolute atomic E-state index is 11.9. The number of aromatic hydroxyl groups is 1. The van der Waals surface area contributed by atoms with Crippen LogP contribution in [0.3, 0.4) is 0 Å². The van der Waals surface area contributed by atoms with E-state index in [1.807, 2.05) is 44.2 Å². The zero-order valence-corrected chi connectivity index (χ0v) is 16.7. The molecule has 1 aliphatic rings. The number of urea groups is 1. The number of nitrogens with zero attached hydrogens (tertiary/aromatic N) is 3. The SMILES string of the molecule is CNC(=O)N(O)[C@@H]1N(/N=C\c2c(O)ccc3ccccc23)C(=S)SC1(C)C. The van der Waals surface area contributed by atoms with Crippen molar-refractivity contribution in [2.24, 2.45) is 5.10 Å². The quantitative estimate of drug-likeness (QED) is 0.315. The number of hydrazone groups is 1. The second kappa shape index (κ2) is 7.34. The van der Waals surface area contributed by atoms with Crippen LogP contribution in [0.2, 0.25) is 0 Å². The molecule has 2 aromatic carbocycles. The van der Waals surface area contributed by atoms with Crippen molar-refractivity contribution >= 4 is 51.3 Å². The minimum atomic E-state index is -0.802. The summed E-state index contributed by atoms with van der Waals surface area (Å²) in [4.78, 5) is 11.9. The third-order valence-electron chi connectivity index (χ3n) is 4.30. The third-order valence-corrected chi connectivity index (χ3v) is 5.84. The van der Waals surface area contributed by atoms with Crippen LogP contribution in [0.5, 0.6) is 5.75 Å². The number of nitrogens with one attached hydrogen (secondary N) is 1. The monoisotopic (exact) mass is 404 g/mol. The van der Waals surface area contributed by atoms with E-state index in [2.05, 4.69) is 10.4 Å². The molecule has 0 aromatic heterocycles. The predicted octanol–water partition coefficient (Wildman–Crippen LogP) is 3.35. The fourth-order valence-electron chi connectivity index (χ4n) is 2.99. The van der Waals surface area contributed by atoms with Gasteiger partial charge in [-0.2, -0.15) is 10.2 Å². The molecule has 1 atom stereocenters. The van der Waals surface area contributed by atoms with Gasteiger partial charge in [-0.25, -0.2) is 9.80 Å². The molecule has 0 unspecified atom stereocenters. The lowest BCUT2D eigenvalue weighted by Crippen LogP contribution is -2.55. The molecule has 142 valence electrons. The van der Waals surface area contributed by atoms with Crippen LogP contribution < -0.4 is 5.32 Å². The van der Waals surface area contributed by atoms with Gasteiger partial charge in [0.05, 0.1) is 11.0 Å². The summed E-state index contributed by atoms with van der Waals surface area (Å²) in [6, 6.07) is 10.4. The highest BCUT2D eigenvalue weighted by atomic mass is 32.2. The number of rotatable bonds is 3. The van der Waals surface area contributed by atoms with Crippen molar-refractivity contribution in [2.75, 3.05) is 7.05 Å². The Hall–Kier alpha value is -2.36. The van der Waals surface area contributed by atoms with Gasteiger partial charge in [-0.1, -0.05) is 54.3 Å². The number of hydrogen-bond acceptors (Lipinski definition) is 6. The Balaban J connectivity index is 2.01. The number of thioether (sulfide) groups is 1. The van der Waals surface area contributed by atoms with E-state index in [-0.39, 0.29) is 5.75 Å². The second-order valence-electron chi connectivity index (χ2n) is 6.55. The Morgan fingerprint density at radius 3 is 2.78 bits per heavy atom. The lowest BCUT2D eigenvalue weighted by atomic mass is 10.0. The minimum Gasteiger partial charge on any atom is -0.507 e. The van der Waals surface area contributed by atoms with E-state index in [1.54, 1.807) is 6.07 Å². The molecule has 0 saturated carbocycles. The lowest BCUT2D eigenvalue weighted by Gasteiger charge is -2.33. The number of thiocarbonyl (C=S) groups is 1. The van der Waals surface area contributed by atoms with Gasteiger partial charge in [0.15, 0.2) is 10.5 Å². The van der Waals surface area contributed by atoms with E-state index in [0.29, 0.717) is 14.9 Å². The van der Waals surface area contributed by atoms with Gasteiger partial charge in [-0.3, -0.25) is 5.21 Å². The summed E-state index contributed by atoms with van der Waals surface area (Å²) >= 11 is 6.73. The summed E-state index contributed by atoms with van der Waals surface area (Å²) in [6.07, 6.45) is 0.694. The number of phenols is 1. The maximum Gasteiger partial charge on any atom is 0.343 e. The molecular weight excluding hydrogens is 384 g/mol. The number of fused-ring (bicyclic) bond motifs is 1. The van der Waals surface area contributed by atoms with Crippen molar-refractivity contribution in [1.82, 2.24) is 15.4 Å². The molecule has 27 heavy (non-hydrogen) atoms. The number of phenolic OH excluding ortho intramolecular Hbond substituents is 1. The number of hydroxylamine groups is 2. The van der Waals surface area contributed by atoms with Crippen LogP contribution in [-0.2, 0) is 0 Å². The Kier molecular flexibility index (Phi) is 5.27. The number of carbonyl (C=O) groups excluding carboxylic acids is 1. The Labute approximate surface area is 166 Å². The average molecular weight is 405 g/mol. The van der Waals surface area contributed by atoms with Gasteiger partial charge in [0.25, 0.3) is 0 Å². The molecule has 0 aliphatic carbocycles. The summed E-state index contributed by atoms with van der Waals surface area (Å²) in [6.45, 7) is 3.73. The van der Waals surface area contributed by atoms with Gasteiger partial charge in [0.1, 0.15) is 5.75 Å². The van der Waals surface area contributed by atoms with Gasteiger partial charge < -0.3 is 10.4 Å². The summed E-state index contributed by atoms with van der Waals surface area (Å²) in [7, 11) is 1.43. The fourth-order valence-corrected chi connectivity index (χ4v) is 4.78. The number of amides is 2. The Bertz CT molecular complexity index is 932. The molecule has 0 bridgehead atoms. The van der Waals surface area contributed by atoms with Crippen molar-refractivity contribution in [3.63, 3.8) is 0 Å². The summed E-state index contributed by atoms with van der Waals surface area (Å²) in [5.74, 6) is 0.0817. The molecule has 0 radical (unpaired) electrons. The lowest BCUT2D eigenvalue weighted by molar-refractivity contribution is -0.117. The van der Waals surface area contributed by atoms with Crippen molar-refractivity contribution in [2.45, 2.75) is 24.8 Å². The highest BCUT2D eigenvalue weighted by Crippen LogP contribution is 2.42. The topological polar surface area (TPSA) is 88.4 Å². The molecule has 1 heterocycles. The average Bonchev–Trinajstić information content (AvgIpc) is 2.87. The van der Waals surface area contributed by atoms with E-state index in [4.69, 9.17) is 12.2 Å². The van der Waals surface area contributed by atoms with E-state index >= 15 is 0 Å². The molecule has 3 rings (SSSR count). The molecular formula is C18H20N4O3S2. The van der Waals surface area contributed by atoms with Crippen molar-refractivity contribution < 1.29 is 15.1 Å². The molecule has 2 aromatic rings. The number of carbonyl (C=O) groups is 1. The largest absolute Gasteiger partial charge is 0.507 e. The van der Waals surface area contributed by atoms with E-state index in [0.717, 1.165) is 10.8 Å². The first-order chi connectivity index (χ1) is 12.8. The second-order valence-corrected chi connectivity index (χ2v) is 8.84. The normalized spacial score (nSPS) is 19.0. The maximum atomic E-state index is 11.9. The smallest absolute Gasteiger partial charge is 0.343 e. The first-order valence-corrected chi connectivity index (χ1v) is 9.45. The van der Waals surface area contributed by atoms with Crippen molar-refractivity contribution in [3.8, 4) is 5.75 Å². The number of hydrogen-bond donors (Lipinski definition) is 3. The predicted molar refractivity (Wildman–Crippen MR) is 111 cm³/mol. The van der Waals surface area contributed by atoms with Crippen LogP contribution in [0.25, 0.3) is 10.8 Å². The molecule has 1 saturated heterocycles. The van der Waals surface area contributed by atoms with Gasteiger partial charge in [0.2, 0.25) is 0 Å². The zero-order valence-electron chi connectivity index (χ0n) is 15.1. The first-order valence-electron chi connectivity index (χ1n) is 8.23. The van der Waals surface area contributed by atoms with Crippen LogP contribution in [-0.4, -0.2) is 54.9 Å². The molecule has 1 fully saturated rings. The molecule has 2 amide bonds. The summed E-state index contributed by atoms with van der Waals surface area (Å²) < 4.78 is -0.167. The van der Waals surface area contributed by atoms with E-state index in [1.165, 1.54) is 30.0 Å². The molecule has 3 N–H and O–H groups in total. The Morgan fingerprint density at radius 1 is 1.37 bits per heavy atom. The van der Waals surface area contributed by atoms with Crippen LogP contribution in [0.4, 0.5) is 4.79 Å². The van der Waals surface area contributed by atoms with E-state index < -0.39 is 16.9 Å². The van der Waals surface area contributed by atoms with Gasteiger partial charge in [-0.05, 0) is 30.7 Å². The summed E-state index contributed by atoms with van der Waals surface area (Å²) in [5, 5.41) is 31.2. The number of benzene rings is 2. The third kappa shape index (κ3) is 3.58. The zero-order chi connectivity index (χ0) is 19.8. The summed E-state index contributed by atoms with van der Waals surface area (Å²) in [5.41, 5.74) is 0.536. The minimum absolute atomic E-state index is 0.0817. The van der Waals surface area contributed by atoms with Crippen molar-refractivity contribution in [1.29, 1.82) is 0 Å². The van der Waals surface area contributed by atoms with Crippen LogP contribution in [0.1, 0.15) is 19.4 Å².